The van der Waals surface area contributed by atoms with Crippen molar-refractivity contribution in [2.24, 2.45) is 0 Å². The summed E-state index contributed by atoms with van der Waals surface area (Å²) in [6.45, 7) is 0.584. The van der Waals surface area contributed by atoms with Gasteiger partial charge in [-0.1, -0.05) is 5.16 Å². The third-order valence-electron chi connectivity index (χ3n) is 2.87. The van der Waals surface area contributed by atoms with Crippen LogP contribution in [0.15, 0.2) is 34.1 Å². The van der Waals surface area contributed by atoms with Crippen LogP contribution in [0.4, 0.5) is 11.4 Å². The molecule has 0 bridgehead atoms. The second kappa shape index (κ2) is 5.00. The summed E-state index contributed by atoms with van der Waals surface area (Å²) in [6, 6.07) is 3.35. The lowest BCUT2D eigenvalue weighted by Gasteiger charge is -2.09. The molecule has 1 aromatic carbocycles. The molecule has 0 spiro atoms. The van der Waals surface area contributed by atoms with Crippen molar-refractivity contribution >= 4 is 22.3 Å². The molecule has 0 fully saturated rings. The van der Waals surface area contributed by atoms with Gasteiger partial charge in [0.1, 0.15) is 0 Å². The van der Waals surface area contributed by atoms with Crippen molar-refractivity contribution in [2.75, 3.05) is 17.6 Å². The first-order valence-corrected chi connectivity index (χ1v) is 6.00. The fourth-order valence-corrected chi connectivity index (χ4v) is 1.90. The lowest BCUT2D eigenvalue weighted by Crippen LogP contribution is -2.10. The highest BCUT2D eigenvalue weighted by atomic mass is 16.5. The summed E-state index contributed by atoms with van der Waals surface area (Å²) in [5.41, 5.74) is 7.50. The lowest BCUT2D eigenvalue weighted by molar-refractivity contribution is 0.380. The van der Waals surface area contributed by atoms with E-state index < -0.39 is 0 Å². The minimum absolute atomic E-state index is 0.209. The summed E-state index contributed by atoms with van der Waals surface area (Å²) < 4.78 is 4.90. The third kappa shape index (κ3) is 2.30. The second-order valence-electron chi connectivity index (χ2n) is 4.20. The molecule has 0 radical (unpaired) electrons. The molecule has 2 heterocycles. The summed E-state index contributed by atoms with van der Waals surface area (Å²) in [5, 5.41) is 7.15. The quantitative estimate of drug-likeness (QED) is 0.592. The molecule has 8 nitrogen and oxygen atoms in total. The Morgan fingerprint density at radius 1 is 1.35 bits per heavy atom. The highest BCUT2D eigenvalue weighted by molar-refractivity contribution is 5.88. The van der Waals surface area contributed by atoms with Gasteiger partial charge in [0.15, 0.2) is 6.33 Å². The number of aromatic nitrogens is 4. The van der Waals surface area contributed by atoms with E-state index in [4.69, 9.17) is 10.3 Å². The molecule has 3 aromatic rings. The molecule has 0 unspecified atom stereocenters. The molecular weight excluding hydrogens is 260 g/mol. The fourth-order valence-electron chi connectivity index (χ4n) is 1.90. The van der Waals surface area contributed by atoms with Gasteiger partial charge in [0, 0.05) is 13.0 Å². The molecular formula is C12H12N6O2. The number of nitrogens with zero attached hydrogens (tertiary/aromatic N) is 3. The topological polar surface area (TPSA) is 123 Å². The average molecular weight is 272 g/mol. The minimum atomic E-state index is -0.209. The number of H-pyrrole nitrogens is 1. The van der Waals surface area contributed by atoms with E-state index in [0.29, 0.717) is 35.4 Å². The van der Waals surface area contributed by atoms with Crippen LogP contribution in [-0.4, -0.2) is 26.7 Å². The smallest absolute Gasteiger partial charge is 0.258 e. The number of nitrogens with one attached hydrogen (secondary N) is 2. The Bertz CT molecular complexity index is 780. The lowest BCUT2D eigenvalue weighted by atomic mass is 10.2. The van der Waals surface area contributed by atoms with Gasteiger partial charge in [0.05, 0.1) is 28.6 Å². The molecule has 8 heteroatoms. The van der Waals surface area contributed by atoms with E-state index in [1.54, 1.807) is 12.1 Å². The maximum atomic E-state index is 11.6. The fraction of sp³-hybridized carbons (Fsp3) is 0.167. The molecule has 3 rings (SSSR count). The van der Waals surface area contributed by atoms with Crippen molar-refractivity contribution in [3.8, 4) is 0 Å². The summed E-state index contributed by atoms with van der Waals surface area (Å²) >= 11 is 0. The zero-order valence-corrected chi connectivity index (χ0v) is 10.5. The zero-order chi connectivity index (χ0) is 13.9. The second-order valence-corrected chi connectivity index (χ2v) is 4.20. The Hall–Kier alpha value is -2.90. The van der Waals surface area contributed by atoms with Gasteiger partial charge in [0.25, 0.3) is 5.56 Å². The van der Waals surface area contributed by atoms with Crippen molar-refractivity contribution in [1.82, 2.24) is 20.1 Å². The van der Waals surface area contributed by atoms with Crippen LogP contribution in [0.2, 0.25) is 0 Å². The van der Waals surface area contributed by atoms with E-state index in [2.05, 4.69) is 25.4 Å². The average Bonchev–Trinajstić information content (AvgIpc) is 2.94. The maximum Gasteiger partial charge on any atom is 0.258 e. The van der Waals surface area contributed by atoms with Crippen molar-refractivity contribution < 1.29 is 4.52 Å². The molecule has 2 aromatic heterocycles. The number of benzene rings is 1. The van der Waals surface area contributed by atoms with Gasteiger partial charge in [-0.2, -0.15) is 4.98 Å². The first-order valence-electron chi connectivity index (χ1n) is 6.00. The number of aromatic amines is 1. The van der Waals surface area contributed by atoms with Gasteiger partial charge in [-0.05, 0) is 12.1 Å². The molecule has 20 heavy (non-hydrogen) atoms. The van der Waals surface area contributed by atoms with Gasteiger partial charge in [-0.3, -0.25) is 4.79 Å². The van der Waals surface area contributed by atoms with Gasteiger partial charge in [0.2, 0.25) is 5.89 Å². The van der Waals surface area contributed by atoms with E-state index in [1.807, 2.05) is 0 Å². The standard InChI is InChI=1S/C12H12N6O2/c13-8-3-7-9(15-5-17-12(7)19)4-10(8)14-2-1-11-16-6-18-20-11/h3-6,14H,1-2,13H2,(H,15,17,19). The number of fused-ring (bicyclic) bond motifs is 1. The number of rotatable bonds is 4. The predicted molar refractivity (Wildman–Crippen MR) is 73.3 cm³/mol. The van der Waals surface area contributed by atoms with E-state index in [9.17, 15) is 4.79 Å². The van der Waals surface area contributed by atoms with E-state index in [0.717, 1.165) is 5.69 Å². The Morgan fingerprint density at radius 2 is 2.25 bits per heavy atom. The summed E-state index contributed by atoms with van der Waals surface area (Å²) in [4.78, 5) is 22.2. The van der Waals surface area contributed by atoms with Crippen molar-refractivity contribution in [3.63, 3.8) is 0 Å². The van der Waals surface area contributed by atoms with Crippen LogP contribution in [0.3, 0.4) is 0 Å². The molecule has 0 atom stereocenters. The summed E-state index contributed by atoms with van der Waals surface area (Å²) in [6.07, 6.45) is 3.30. The van der Waals surface area contributed by atoms with Gasteiger partial charge in [-0.15, -0.1) is 0 Å². The summed E-state index contributed by atoms with van der Waals surface area (Å²) in [5.74, 6) is 0.548. The molecule has 0 saturated carbocycles. The monoisotopic (exact) mass is 272 g/mol. The van der Waals surface area contributed by atoms with Crippen LogP contribution in [0, 0.1) is 0 Å². The van der Waals surface area contributed by atoms with Crippen LogP contribution in [0.25, 0.3) is 10.9 Å². The number of nitrogen functional groups attached to an aromatic ring is 1. The van der Waals surface area contributed by atoms with Crippen molar-refractivity contribution in [2.45, 2.75) is 6.42 Å². The molecule has 0 aliphatic heterocycles. The molecule has 0 aliphatic carbocycles. The van der Waals surface area contributed by atoms with Crippen molar-refractivity contribution in [3.05, 3.63) is 41.0 Å². The number of hydrogen-bond acceptors (Lipinski definition) is 7. The van der Waals surface area contributed by atoms with Gasteiger partial charge < -0.3 is 20.6 Å². The van der Waals surface area contributed by atoms with Gasteiger partial charge >= 0.3 is 0 Å². The SMILES string of the molecule is Nc1cc2c(=O)[nH]cnc2cc1NCCc1ncno1. The van der Waals surface area contributed by atoms with Crippen LogP contribution >= 0.6 is 0 Å². The third-order valence-corrected chi connectivity index (χ3v) is 2.87. The Morgan fingerprint density at radius 3 is 3.05 bits per heavy atom. The van der Waals surface area contributed by atoms with Crippen LogP contribution < -0.4 is 16.6 Å². The normalized spacial score (nSPS) is 10.8. The molecule has 4 N–H and O–H groups in total. The molecule has 0 saturated heterocycles. The first kappa shape index (κ1) is 12.2. The van der Waals surface area contributed by atoms with Crippen LogP contribution in [0.1, 0.15) is 5.89 Å². The number of nitrogens with two attached hydrogens (primary N) is 1. The van der Waals surface area contributed by atoms with E-state index in [-0.39, 0.29) is 5.56 Å². The van der Waals surface area contributed by atoms with E-state index >= 15 is 0 Å². The number of hydrogen-bond donors (Lipinski definition) is 3. The summed E-state index contributed by atoms with van der Waals surface area (Å²) in [7, 11) is 0. The largest absolute Gasteiger partial charge is 0.397 e. The van der Waals surface area contributed by atoms with Crippen molar-refractivity contribution in [1.29, 1.82) is 0 Å². The maximum absolute atomic E-state index is 11.6. The number of anilines is 2. The minimum Gasteiger partial charge on any atom is -0.397 e. The zero-order valence-electron chi connectivity index (χ0n) is 10.5. The Labute approximate surface area is 113 Å². The highest BCUT2D eigenvalue weighted by Gasteiger charge is 2.06. The highest BCUT2D eigenvalue weighted by Crippen LogP contribution is 2.22. The first-order chi connectivity index (χ1) is 9.74. The molecule has 0 aliphatic rings. The van der Waals surface area contributed by atoms with Crippen LogP contribution in [-0.2, 0) is 6.42 Å². The Kier molecular flexibility index (Phi) is 3.04. The van der Waals surface area contributed by atoms with Crippen LogP contribution in [0.5, 0.6) is 0 Å². The molecule has 102 valence electrons. The molecule has 0 amide bonds. The van der Waals surface area contributed by atoms with E-state index in [1.165, 1.54) is 12.7 Å². The predicted octanol–water partition coefficient (Wildman–Crippen LogP) is 0.543. The van der Waals surface area contributed by atoms with Gasteiger partial charge in [-0.25, -0.2) is 4.98 Å². The Balaban J connectivity index is 1.81.